The van der Waals surface area contributed by atoms with Crippen molar-refractivity contribution >= 4 is 29.2 Å². The fourth-order valence-electron chi connectivity index (χ4n) is 10.2. The fourth-order valence-corrected chi connectivity index (χ4v) is 10.2. The van der Waals surface area contributed by atoms with Gasteiger partial charge in [0.1, 0.15) is 23.9 Å². The van der Waals surface area contributed by atoms with Gasteiger partial charge in [-0.1, -0.05) is 98.9 Å². The largest absolute Gasteiger partial charge is 0.469 e. The van der Waals surface area contributed by atoms with Gasteiger partial charge < -0.3 is 85.8 Å². The number of rotatable bonds is 11. The molecule has 2 saturated heterocycles. The van der Waals surface area contributed by atoms with E-state index in [4.69, 9.17) is 29.4 Å². The standard InChI is InChI=1S/C60H88N2O19/c1-36-18-16-14-12-10-8-6-7-9-11-13-15-17-19-48(79-59-56(74)54(61)55(73)38(3)78-59)33-51-53(58(75)77-5)50(71)35-60(76,81-51)34-47(69)30-45(67)28-43(65)26-42(64)27-44(66)29-46(68)32-52(72)80-57(36)37(2)20-25-41(63)31-49(70)39-21-23-40(62-4)24-22-39/h6-19,21-24,36-38,41-43,45-48,50-51,53-57,59,62-65,67-69,71,73-74,76H,20,25-35,61H2,1-5H3/b7-6+,10-8+,11-9+,14-12+,15-13+,18-16+,19-17+/t36?,37?,38-,41?,42?,43?,45?,46?,47?,48?,50?,51?,53?,54+,55-,56+,57?,59+,60?/m1/s1. The van der Waals surface area contributed by atoms with Gasteiger partial charge in [0.15, 0.2) is 17.9 Å². The number of fused-ring (bicyclic) bond motifs is 2. The monoisotopic (exact) mass is 1140 g/mol. The predicted molar refractivity (Wildman–Crippen MR) is 299 cm³/mol. The highest BCUT2D eigenvalue weighted by molar-refractivity contribution is 5.96. The summed E-state index contributed by atoms with van der Waals surface area (Å²) in [4.78, 5) is 52.4. The average molecular weight is 1140 g/mol. The second-order valence-electron chi connectivity index (χ2n) is 21.6. The van der Waals surface area contributed by atoms with E-state index in [-0.39, 0.29) is 49.7 Å². The SMILES string of the molecule is CNc1ccc(C(=O)CC(O)CCC(C)C2OC(=O)CC(O)CC(=O)CC(O)CC(O)CC(O)CC(O)CC3(O)CC(O)C(C(=O)OC)C(CC(O[C@@H]4O[C@H](C)[C@@H](O)[C@H](N)[C@@H]4O)/C=C/C=C/C=C/C=C/C=C/C=C/C=C/C2C)O3)cc1. The van der Waals surface area contributed by atoms with Crippen LogP contribution in [-0.4, -0.2) is 186 Å². The Balaban J connectivity index is 1.55. The van der Waals surface area contributed by atoms with Gasteiger partial charge in [-0.2, -0.15) is 0 Å². The van der Waals surface area contributed by atoms with Crippen LogP contribution in [0.5, 0.6) is 0 Å². The summed E-state index contributed by atoms with van der Waals surface area (Å²) in [5, 5.41) is 113. The highest BCUT2D eigenvalue weighted by atomic mass is 16.7. The predicted octanol–water partition coefficient (Wildman–Crippen LogP) is 2.83. The second-order valence-corrected chi connectivity index (χ2v) is 21.6. The number of aliphatic hydroxyl groups excluding tert-OH is 9. The number of aliphatic hydroxyl groups is 10. The molecular weight excluding hydrogens is 1050 g/mol. The van der Waals surface area contributed by atoms with Gasteiger partial charge in [-0.15, -0.1) is 0 Å². The zero-order chi connectivity index (χ0) is 59.8. The summed E-state index contributed by atoms with van der Waals surface area (Å²) in [7, 11) is 2.88. The van der Waals surface area contributed by atoms with Gasteiger partial charge in [0.25, 0.3) is 0 Å². The first kappa shape index (κ1) is 68.4. The van der Waals surface area contributed by atoms with E-state index in [9.17, 15) is 70.2 Å². The number of nitrogens with one attached hydrogen (secondary N) is 1. The van der Waals surface area contributed by atoms with Crippen molar-refractivity contribution in [1.82, 2.24) is 0 Å². The summed E-state index contributed by atoms with van der Waals surface area (Å²) in [6, 6.07) is 5.77. The molecule has 21 nitrogen and oxygen atoms in total. The Hall–Kier alpha value is -5.08. The Morgan fingerprint density at radius 3 is 1.88 bits per heavy atom. The lowest BCUT2D eigenvalue weighted by Gasteiger charge is -2.45. The molecular formula is C60H88N2O19. The Bertz CT molecular complexity index is 2320. The molecule has 1 aromatic rings. The Labute approximate surface area is 474 Å². The number of carbonyl (C=O) groups is 4. The molecule has 81 heavy (non-hydrogen) atoms. The summed E-state index contributed by atoms with van der Waals surface area (Å²) >= 11 is 0. The number of allylic oxidation sites excluding steroid dienone is 12. The van der Waals surface area contributed by atoms with Crippen LogP contribution in [-0.2, 0) is 38.1 Å². The van der Waals surface area contributed by atoms with Gasteiger partial charge in [0.05, 0.1) is 86.7 Å². The molecule has 0 amide bonds. The maximum atomic E-state index is 13.3. The van der Waals surface area contributed by atoms with Crippen LogP contribution in [0.3, 0.4) is 0 Å². The summed E-state index contributed by atoms with van der Waals surface area (Å²) in [6.45, 7) is 5.25. The van der Waals surface area contributed by atoms with E-state index in [0.717, 1.165) is 12.8 Å². The Morgan fingerprint density at radius 2 is 1.28 bits per heavy atom. The molecule has 4 rings (SSSR count). The van der Waals surface area contributed by atoms with E-state index in [1.165, 1.54) is 0 Å². The number of ketones is 2. The Kier molecular flexibility index (Phi) is 29.1. The molecule has 13 N–H and O–H groups in total. The van der Waals surface area contributed by atoms with E-state index in [1.807, 2.05) is 19.9 Å². The number of esters is 2. The van der Waals surface area contributed by atoms with Crippen LogP contribution < -0.4 is 11.1 Å². The van der Waals surface area contributed by atoms with Gasteiger partial charge in [-0.25, -0.2) is 0 Å². The van der Waals surface area contributed by atoms with Crippen molar-refractivity contribution in [1.29, 1.82) is 0 Å². The molecule has 1 aromatic carbocycles. The first-order valence-electron chi connectivity index (χ1n) is 27.8. The van der Waals surface area contributed by atoms with Crippen LogP contribution in [0.4, 0.5) is 5.69 Å². The van der Waals surface area contributed by atoms with Crippen molar-refractivity contribution in [3.63, 3.8) is 0 Å². The van der Waals surface area contributed by atoms with Crippen LogP contribution >= 0.6 is 0 Å². The molecule has 14 unspecified atom stereocenters. The van der Waals surface area contributed by atoms with Gasteiger partial charge in [0.2, 0.25) is 0 Å². The summed E-state index contributed by atoms with van der Waals surface area (Å²) in [5.41, 5.74) is 7.39. The maximum absolute atomic E-state index is 13.3. The normalized spacial score (nSPS) is 37.7. The number of hydrogen-bond acceptors (Lipinski definition) is 21. The lowest BCUT2D eigenvalue weighted by Crippen LogP contribution is -2.61. The molecule has 2 bridgehead atoms. The first-order chi connectivity index (χ1) is 38.4. The zero-order valence-electron chi connectivity index (χ0n) is 47.0. The van der Waals surface area contributed by atoms with Crippen molar-refractivity contribution in [2.24, 2.45) is 23.5 Å². The lowest BCUT2D eigenvalue weighted by molar-refractivity contribution is -0.308. The molecule has 19 atom stereocenters. The molecule has 2 fully saturated rings. The van der Waals surface area contributed by atoms with Crippen LogP contribution in [0.1, 0.15) is 108 Å². The lowest BCUT2D eigenvalue weighted by atomic mass is 9.82. The third kappa shape index (κ3) is 23.6. The highest BCUT2D eigenvalue weighted by Crippen LogP contribution is 2.39. The summed E-state index contributed by atoms with van der Waals surface area (Å²) < 4.78 is 28.9. The molecule has 3 heterocycles. The number of cyclic esters (lactones) is 1. The van der Waals surface area contributed by atoms with Crippen molar-refractivity contribution in [3.8, 4) is 0 Å². The van der Waals surface area contributed by atoms with Crippen LogP contribution in [0.15, 0.2) is 109 Å². The molecule has 0 radical (unpaired) electrons. The minimum absolute atomic E-state index is 0.103. The summed E-state index contributed by atoms with van der Waals surface area (Å²) in [5.74, 6) is -6.85. The number of anilines is 1. The number of benzene rings is 1. The van der Waals surface area contributed by atoms with E-state index in [1.54, 1.807) is 117 Å². The minimum Gasteiger partial charge on any atom is -0.469 e. The van der Waals surface area contributed by atoms with Gasteiger partial charge in [-0.05, 0) is 69.2 Å². The van der Waals surface area contributed by atoms with Crippen molar-refractivity contribution in [2.45, 2.75) is 195 Å². The molecule has 0 aliphatic carbocycles. The number of hydrogen-bond donors (Lipinski definition) is 12. The second kappa shape index (κ2) is 34.5. The van der Waals surface area contributed by atoms with E-state index >= 15 is 0 Å². The van der Waals surface area contributed by atoms with Gasteiger partial charge in [0, 0.05) is 62.7 Å². The Morgan fingerprint density at radius 1 is 0.728 bits per heavy atom. The van der Waals surface area contributed by atoms with Crippen molar-refractivity contribution < 1.29 is 93.9 Å². The van der Waals surface area contributed by atoms with Crippen molar-refractivity contribution in [3.05, 3.63) is 115 Å². The molecule has 3 aliphatic rings. The van der Waals surface area contributed by atoms with Crippen LogP contribution in [0.25, 0.3) is 0 Å². The van der Waals surface area contributed by atoms with Crippen LogP contribution in [0, 0.1) is 17.8 Å². The quantitative estimate of drug-likeness (QED) is 0.112. The highest BCUT2D eigenvalue weighted by Gasteiger charge is 2.51. The number of ether oxygens (including phenoxy) is 5. The third-order valence-electron chi connectivity index (χ3n) is 14.6. The molecule has 452 valence electrons. The topological polar surface area (TPSA) is 355 Å². The molecule has 21 heteroatoms. The van der Waals surface area contributed by atoms with E-state index in [0.29, 0.717) is 12.0 Å². The van der Waals surface area contributed by atoms with E-state index < -0.39 is 160 Å². The molecule has 0 saturated carbocycles. The number of Topliss-reactive ketones (excluding diaryl/α,β-unsaturated/α-hetero) is 2. The van der Waals surface area contributed by atoms with Gasteiger partial charge in [-0.3, -0.25) is 19.2 Å². The van der Waals surface area contributed by atoms with Crippen molar-refractivity contribution in [2.75, 3.05) is 19.5 Å². The fraction of sp³-hybridized carbons (Fsp3) is 0.600. The number of methoxy groups -OCH3 is 1. The first-order valence-corrected chi connectivity index (χ1v) is 27.8. The van der Waals surface area contributed by atoms with Crippen LogP contribution in [0.2, 0.25) is 0 Å². The van der Waals surface area contributed by atoms with Gasteiger partial charge >= 0.3 is 11.9 Å². The smallest absolute Gasteiger partial charge is 0.313 e. The van der Waals surface area contributed by atoms with E-state index in [2.05, 4.69) is 5.32 Å². The molecule has 0 spiro atoms. The number of nitrogens with two attached hydrogens (primary N) is 1. The third-order valence-corrected chi connectivity index (χ3v) is 14.6. The molecule has 3 aliphatic heterocycles. The zero-order valence-corrected chi connectivity index (χ0v) is 47.0. The number of carbonyl (C=O) groups excluding carboxylic acids is 4. The average Bonchev–Trinajstić information content (AvgIpc) is 3.43. The minimum atomic E-state index is -2.29. The molecule has 0 aromatic heterocycles. The summed E-state index contributed by atoms with van der Waals surface area (Å²) in [6.07, 6.45) is 2.92. The maximum Gasteiger partial charge on any atom is 0.313 e.